The quantitative estimate of drug-likeness (QED) is 0.516. The lowest BCUT2D eigenvalue weighted by Crippen LogP contribution is -2.40. The molecule has 5 N–H and O–H groups in total. The predicted octanol–water partition coefficient (Wildman–Crippen LogP) is -1.29. The minimum Gasteiger partial charge on any atom is -0.327 e. The van der Waals surface area contributed by atoms with Gasteiger partial charge in [-0.3, -0.25) is 9.78 Å². The summed E-state index contributed by atoms with van der Waals surface area (Å²) in [5.74, 6) is 0.344. The summed E-state index contributed by atoms with van der Waals surface area (Å²) in [6.45, 7) is 3.97. The zero-order valence-electron chi connectivity index (χ0n) is 10.8. The summed E-state index contributed by atoms with van der Waals surface area (Å²) < 4.78 is 25.9. The van der Waals surface area contributed by atoms with Gasteiger partial charge in [-0.2, -0.15) is 0 Å². The molecule has 0 radical (unpaired) electrons. The molecule has 0 bridgehead atoms. The van der Waals surface area contributed by atoms with E-state index < -0.39 is 26.2 Å². The van der Waals surface area contributed by atoms with Gasteiger partial charge in [0.2, 0.25) is 10.0 Å². The number of nitrogens with one attached hydrogen (secondary N) is 3. The average Bonchev–Trinajstić information content (AvgIpc) is 2.25. The number of hydrogen-bond donors (Lipinski definition) is 4. The smallest absolute Gasteiger partial charge is 0.325 e. The molecule has 1 aromatic rings. The number of nitrogens with two attached hydrogens (primary N) is 1. The Bertz CT molecular complexity index is 631. The van der Waals surface area contributed by atoms with Crippen molar-refractivity contribution in [3.05, 3.63) is 27.0 Å². The van der Waals surface area contributed by atoms with Crippen molar-refractivity contribution in [3.8, 4) is 0 Å². The largest absolute Gasteiger partial charge is 0.327 e. The molecule has 1 unspecified atom stereocenters. The van der Waals surface area contributed by atoms with E-state index in [0.29, 0.717) is 12.3 Å². The standard InChI is InChI=1S/C10H18N4O4S/c1-6(2)3-7(11)4-13-19(17,18)8-5-12-10(16)14-9(8)15/h5-7,13H,3-4,11H2,1-2H3,(H2,12,14,15,16). The molecule has 0 spiro atoms. The Balaban J connectivity index is 2.82. The highest BCUT2D eigenvalue weighted by atomic mass is 32.2. The van der Waals surface area contributed by atoms with E-state index in [1.165, 1.54) is 0 Å². The van der Waals surface area contributed by atoms with Crippen molar-refractivity contribution < 1.29 is 8.42 Å². The zero-order chi connectivity index (χ0) is 14.6. The molecule has 0 saturated carbocycles. The van der Waals surface area contributed by atoms with Crippen LogP contribution in [0.3, 0.4) is 0 Å². The third kappa shape index (κ3) is 4.62. The highest BCUT2D eigenvalue weighted by Gasteiger charge is 2.19. The van der Waals surface area contributed by atoms with Gasteiger partial charge < -0.3 is 10.7 Å². The molecule has 108 valence electrons. The lowest BCUT2D eigenvalue weighted by atomic mass is 10.1. The molecular formula is C10H18N4O4S. The van der Waals surface area contributed by atoms with Crippen LogP contribution in [0, 0.1) is 5.92 Å². The van der Waals surface area contributed by atoms with Crippen molar-refractivity contribution in [1.82, 2.24) is 14.7 Å². The third-order valence-electron chi connectivity index (χ3n) is 2.38. The second-order valence-corrected chi connectivity index (χ2v) is 6.41. The van der Waals surface area contributed by atoms with Crippen molar-refractivity contribution >= 4 is 10.0 Å². The first-order chi connectivity index (χ1) is 8.72. The Labute approximate surface area is 110 Å². The Morgan fingerprint density at radius 1 is 1.37 bits per heavy atom. The van der Waals surface area contributed by atoms with Crippen LogP contribution >= 0.6 is 0 Å². The maximum Gasteiger partial charge on any atom is 0.325 e. The monoisotopic (exact) mass is 290 g/mol. The lowest BCUT2D eigenvalue weighted by molar-refractivity contribution is 0.485. The van der Waals surface area contributed by atoms with Crippen LogP contribution in [0.1, 0.15) is 20.3 Å². The molecule has 0 amide bonds. The summed E-state index contributed by atoms with van der Waals surface area (Å²) in [6.07, 6.45) is 1.52. The van der Waals surface area contributed by atoms with Gasteiger partial charge in [0, 0.05) is 18.8 Å². The number of rotatable bonds is 6. The first kappa shape index (κ1) is 15.6. The van der Waals surface area contributed by atoms with Gasteiger partial charge in [-0.15, -0.1) is 0 Å². The molecule has 0 fully saturated rings. The first-order valence-corrected chi connectivity index (χ1v) is 7.28. The van der Waals surface area contributed by atoms with Crippen LogP contribution < -0.4 is 21.7 Å². The van der Waals surface area contributed by atoms with Crippen LogP contribution in [-0.2, 0) is 10.0 Å². The summed E-state index contributed by atoms with van der Waals surface area (Å²) in [5, 5.41) is 0. The molecule has 19 heavy (non-hydrogen) atoms. The average molecular weight is 290 g/mol. The molecule has 8 nitrogen and oxygen atoms in total. The van der Waals surface area contributed by atoms with E-state index in [-0.39, 0.29) is 12.6 Å². The Morgan fingerprint density at radius 2 is 2.00 bits per heavy atom. The summed E-state index contributed by atoms with van der Waals surface area (Å²) in [5.41, 5.74) is 4.02. The van der Waals surface area contributed by atoms with E-state index in [2.05, 4.69) is 9.71 Å². The Hall–Kier alpha value is -1.45. The molecular weight excluding hydrogens is 272 g/mol. The van der Waals surface area contributed by atoms with Gasteiger partial charge in [0.25, 0.3) is 5.56 Å². The minimum atomic E-state index is -3.98. The van der Waals surface area contributed by atoms with Gasteiger partial charge in [0.1, 0.15) is 0 Å². The maximum atomic E-state index is 11.8. The van der Waals surface area contributed by atoms with Crippen LogP contribution in [0.4, 0.5) is 0 Å². The molecule has 0 saturated heterocycles. The van der Waals surface area contributed by atoms with Gasteiger partial charge in [0.05, 0.1) is 0 Å². The van der Waals surface area contributed by atoms with Gasteiger partial charge >= 0.3 is 5.69 Å². The summed E-state index contributed by atoms with van der Waals surface area (Å²) >= 11 is 0. The molecule has 9 heteroatoms. The van der Waals surface area contributed by atoms with Crippen molar-refractivity contribution in [2.24, 2.45) is 11.7 Å². The lowest BCUT2D eigenvalue weighted by Gasteiger charge is -2.14. The third-order valence-corrected chi connectivity index (χ3v) is 3.81. The van der Waals surface area contributed by atoms with Gasteiger partial charge in [-0.05, 0) is 12.3 Å². The van der Waals surface area contributed by atoms with Crippen molar-refractivity contribution in [2.75, 3.05) is 6.54 Å². The van der Waals surface area contributed by atoms with Crippen molar-refractivity contribution in [2.45, 2.75) is 31.2 Å². The normalized spacial score (nSPS) is 13.7. The fraction of sp³-hybridized carbons (Fsp3) is 0.600. The molecule has 0 aliphatic carbocycles. The highest BCUT2D eigenvalue weighted by Crippen LogP contribution is 2.03. The second kappa shape index (κ2) is 6.13. The first-order valence-electron chi connectivity index (χ1n) is 5.79. The maximum absolute atomic E-state index is 11.8. The number of H-pyrrole nitrogens is 2. The number of aromatic amines is 2. The van der Waals surface area contributed by atoms with Crippen LogP contribution in [0.25, 0.3) is 0 Å². The van der Waals surface area contributed by atoms with E-state index in [9.17, 15) is 18.0 Å². The highest BCUT2D eigenvalue weighted by molar-refractivity contribution is 7.89. The fourth-order valence-corrected chi connectivity index (χ4v) is 2.68. The molecule has 0 aliphatic heterocycles. The number of sulfonamides is 1. The van der Waals surface area contributed by atoms with Gasteiger partial charge in [-0.25, -0.2) is 17.9 Å². The summed E-state index contributed by atoms with van der Waals surface area (Å²) in [6, 6.07) is -0.336. The van der Waals surface area contributed by atoms with E-state index in [0.717, 1.165) is 6.20 Å². The Kier molecular flexibility index (Phi) is 5.04. The van der Waals surface area contributed by atoms with Gasteiger partial charge in [-0.1, -0.05) is 13.8 Å². The number of aromatic nitrogens is 2. The fourth-order valence-electron chi connectivity index (χ4n) is 1.58. The molecule has 0 aliphatic rings. The summed E-state index contributed by atoms with van der Waals surface area (Å²) in [7, 11) is -3.98. The SMILES string of the molecule is CC(C)CC(N)CNS(=O)(=O)c1c[nH]c(=O)[nH]c1=O. The molecule has 1 aromatic heterocycles. The van der Waals surface area contributed by atoms with Crippen molar-refractivity contribution in [3.63, 3.8) is 0 Å². The minimum absolute atomic E-state index is 0.0269. The van der Waals surface area contributed by atoms with Crippen LogP contribution in [0.5, 0.6) is 0 Å². The second-order valence-electron chi connectivity index (χ2n) is 4.68. The molecule has 1 atom stereocenters. The zero-order valence-corrected chi connectivity index (χ0v) is 11.6. The molecule has 1 rings (SSSR count). The number of hydrogen-bond acceptors (Lipinski definition) is 5. The van der Waals surface area contributed by atoms with Crippen LogP contribution in [-0.4, -0.2) is 31.0 Å². The van der Waals surface area contributed by atoms with E-state index in [1.54, 1.807) is 0 Å². The van der Waals surface area contributed by atoms with E-state index >= 15 is 0 Å². The van der Waals surface area contributed by atoms with Crippen LogP contribution in [0.15, 0.2) is 20.7 Å². The molecule has 0 aromatic carbocycles. The van der Waals surface area contributed by atoms with E-state index in [1.807, 2.05) is 18.8 Å². The van der Waals surface area contributed by atoms with Crippen molar-refractivity contribution in [1.29, 1.82) is 0 Å². The molecule has 1 heterocycles. The summed E-state index contributed by atoms with van der Waals surface area (Å²) in [4.78, 5) is 25.6. The predicted molar refractivity (Wildman–Crippen MR) is 70.3 cm³/mol. The van der Waals surface area contributed by atoms with E-state index in [4.69, 9.17) is 5.73 Å². The Morgan fingerprint density at radius 3 is 2.53 bits per heavy atom. The van der Waals surface area contributed by atoms with Crippen LogP contribution in [0.2, 0.25) is 0 Å². The van der Waals surface area contributed by atoms with Gasteiger partial charge in [0.15, 0.2) is 4.90 Å². The topological polar surface area (TPSA) is 138 Å².